The van der Waals surface area contributed by atoms with Gasteiger partial charge in [-0.3, -0.25) is 9.59 Å². The highest BCUT2D eigenvalue weighted by Gasteiger charge is 2.32. The minimum Gasteiger partial charge on any atom is -0.342 e. The molecule has 5 rings (SSSR count). The van der Waals surface area contributed by atoms with Gasteiger partial charge in [-0.1, -0.05) is 25.1 Å². The lowest BCUT2D eigenvalue weighted by Crippen LogP contribution is -2.46. The van der Waals surface area contributed by atoms with Gasteiger partial charge in [0.1, 0.15) is 5.00 Å². The van der Waals surface area contributed by atoms with Crippen LogP contribution in [0.1, 0.15) is 42.3 Å². The second kappa shape index (κ2) is 8.50. The largest absolute Gasteiger partial charge is 0.342 e. The Balaban J connectivity index is 1.22. The fourth-order valence-corrected chi connectivity index (χ4v) is 5.79. The average Bonchev–Trinajstić information content (AvgIpc) is 3.46. The molecule has 0 radical (unpaired) electrons. The molecule has 1 aromatic carbocycles. The third kappa shape index (κ3) is 4.01. The van der Waals surface area contributed by atoms with Gasteiger partial charge in [-0.2, -0.15) is 0 Å². The highest BCUT2D eigenvalue weighted by atomic mass is 32.1. The van der Waals surface area contributed by atoms with Gasteiger partial charge in [-0.05, 0) is 61.3 Å². The molecule has 5 nitrogen and oxygen atoms in total. The Morgan fingerprint density at radius 3 is 2.35 bits per heavy atom. The van der Waals surface area contributed by atoms with Crippen LogP contribution in [0.4, 0.5) is 0 Å². The molecule has 0 saturated carbocycles. The van der Waals surface area contributed by atoms with Gasteiger partial charge < -0.3 is 14.4 Å². The number of thiophene rings is 1. The van der Waals surface area contributed by atoms with Crippen LogP contribution in [0, 0.1) is 11.8 Å². The van der Waals surface area contributed by atoms with E-state index in [9.17, 15) is 9.59 Å². The van der Waals surface area contributed by atoms with Crippen LogP contribution in [0.3, 0.4) is 0 Å². The van der Waals surface area contributed by atoms with E-state index in [0.717, 1.165) is 60.1 Å². The first-order valence-electron chi connectivity index (χ1n) is 11.3. The van der Waals surface area contributed by atoms with Crippen LogP contribution >= 0.6 is 11.3 Å². The monoisotopic (exact) mass is 435 g/mol. The number of hydrogen-bond acceptors (Lipinski definition) is 3. The molecular weight excluding hydrogens is 406 g/mol. The number of nitrogens with zero attached hydrogens (tertiary/aromatic N) is 3. The Morgan fingerprint density at radius 1 is 0.871 bits per heavy atom. The maximum Gasteiger partial charge on any atom is 0.263 e. The summed E-state index contributed by atoms with van der Waals surface area (Å²) in [4.78, 5) is 30.7. The van der Waals surface area contributed by atoms with Gasteiger partial charge in [0.25, 0.3) is 5.91 Å². The Hall–Kier alpha value is -2.60. The first-order chi connectivity index (χ1) is 15.1. The number of para-hydroxylation sites is 1. The first kappa shape index (κ1) is 20.3. The highest BCUT2D eigenvalue weighted by molar-refractivity contribution is 7.16. The molecule has 0 aliphatic carbocycles. The van der Waals surface area contributed by atoms with Crippen molar-refractivity contribution >= 4 is 34.1 Å². The van der Waals surface area contributed by atoms with Crippen molar-refractivity contribution in [1.82, 2.24) is 14.4 Å². The summed E-state index contributed by atoms with van der Waals surface area (Å²) in [6, 6.07) is 14.3. The SMILES string of the molecule is CC1CCN(C(=O)C2CCN(C(=O)c3ccc(-n4ccc5ccccc54)s3)CC2)CC1. The van der Waals surface area contributed by atoms with Crippen LogP contribution in [0.15, 0.2) is 48.7 Å². The highest BCUT2D eigenvalue weighted by Crippen LogP contribution is 2.29. The zero-order chi connectivity index (χ0) is 21.4. The van der Waals surface area contributed by atoms with E-state index in [1.54, 1.807) is 0 Å². The van der Waals surface area contributed by atoms with Gasteiger partial charge >= 0.3 is 0 Å². The first-order valence-corrected chi connectivity index (χ1v) is 12.2. The smallest absolute Gasteiger partial charge is 0.263 e. The minimum atomic E-state index is 0.0718. The summed E-state index contributed by atoms with van der Waals surface area (Å²) in [5.74, 6) is 1.19. The van der Waals surface area contributed by atoms with E-state index in [1.807, 2.05) is 29.2 Å². The summed E-state index contributed by atoms with van der Waals surface area (Å²) in [7, 11) is 0. The lowest BCUT2D eigenvalue weighted by molar-refractivity contribution is -0.138. The number of piperidine rings is 2. The standard InChI is InChI=1S/C25H29N3O2S/c1-18-8-13-26(14-9-18)24(29)20-10-15-27(16-11-20)25(30)22-6-7-23(31-22)28-17-12-19-4-2-3-5-21(19)28/h2-7,12,17-18,20H,8-11,13-16H2,1H3. The third-order valence-electron chi connectivity index (χ3n) is 6.87. The second-order valence-corrected chi connectivity index (χ2v) is 10.0. The minimum absolute atomic E-state index is 0.0718. The summed E-state index contributed by atoms with van der Waals surface area (Å²) in [6.07, 6.45) is 5.83. The summed E-state index contributed by atoms with van der Waals surface area (Å²) in [5.41, 5.74) is 1.15. The van der Waals surface area contributed by atoms with Crippen LogP contribution in [-0.2, 0) is 4.79 Å². The molecule has 162 valence electrons. The molecule has 0 N–H and O–H groups in total. The van der Waals surface area contributed by atoms with Crippen molar-refractivity contribution in [2.45, 2.75) is 32.6 Å². The molecule has 0 bridgehead atoms. The van der Waals surface area contributed by atoms with Gasteiger partial charge in [0, 0.05) is 38.3 Å². The van der Waals surface area contributed by atoms with E-state index >= 15 is 0 Å². The van der Waals surface area contributed by atoms with E-state index in [2.05, 4.69) is 40.8 Å². The number of fused-ring (bicyclic) bond motifs is 1. The average molecular weight is 436 g/mol. The number of rotatable bonds is 3. The summed E-state index contributed by atoms with van der Waals surface area (Å²) in [5, 5.41) is 2.24. The number of hydrogen-bond donors (Lipinski definition) is 0. The Kier molecular flexibility index (Phi) is 5.57. The Bertz CT molecular complexity index is 1090. The molecular formula is C25H29N3O2S. The van der Waals surface area contributed by atoms with Crippen molar-refractivity contribution in [3.8, 4) is 5.00 Å². The topological polar surface area (TPSA) is 45.6 Å². The molecule has 6 heteroatoms. The van der Waals surface area contributed by atoms with E-state index < -0.39 is 0 Å². The third-order valence-corrected chi connectivity index (χ3v) is 7.94. The number of carbonyl (C=O) groups excluding carboxylic acids is 2. The van der Waals surface area contributed by atoms with Crippen molar-refractivity contribution < 1.29 is 9.59 Å². The van der Waals surface area contributed by atoms with E-state index in [4.69, 9.17) is 0 Å². The van der Waals surface area contributed by atoms with E-state index in [1.165, 1.54) is 16.7 Å². The predicted octanol–water partition coefficient (Wildman–Crippen LogP) is 4.80. The summed E-state index contributed by atoms with van der Waals surface area (Å²) < 4.78 is 2.14. The van der Waals surface area contributed by atoms with Gasteiger partial charge in [-0.25, -0.2) is 0 Å². The molecule has 2 fully saturated rings. The molecule has 2 aliphatic rings. The molecule has 2 amide bonds. The van der Waals surface area contributed by atoms with E-state index in [0.29, 0.717) is 19.0 Å². The molecule has 0 atom stereocenters. The zero-order valence-corrected chi connectivity index (χ0v) is 18.8. The molecule has 2 aliphatic heterocycles. The van der Waals surface area contributed by atoms with Gasteiger partial charge in [0.15, 0.2) is 0 Å². The molecule has 4 heterocycles. The van der Waals surface area contributed by atoms with Gasteiger partial charge in [0.05, 0.1) is 10.4 Å². The van der Waals surface area contributed by atoms with Crippen molar-refractivity contribution in [2.75, 3.05) is 26.2 Å². The number of carbonyl (C=O) groups is 2. The predicted molar refractivity (Wildman–Crippen MR) is 125 cm³/mol. The van der Waals surface area contributed by atoms with Crippen LogP contribution in [0.25, 0.3) is 15.9 Å². The molecule has 0 unspecified atom stereocenters. The fourth-order valence-electron chi connectivity index (χ4n) is 4.82. The van der Waals surface area contributed by atoms with Crippen LogP contribution < -0.4 is 0 Å². The lowest BCUT2D eigenvalue weighted by Gasteiger charge is -2.36. The zero-order valence-electron chi connectivity index (χ0n) is 18.0. The normalized spacial score (nSPS) is 18.6. The van der Waals surface area contributed by atoms with Crippen molar-refractivity contribution in [2.24, 2.45) is 11.8 Å². The van der Waals surface area contributed by atoms with Gasteiger partial charge in [-0.15, -0.1) is 11.3 Å². The Labute approximate surface area is 187 Å². The maximum absolute atomic E-state index is 13.1. The number of benzene rings is 1. The van der Waals surface area contributed by atoms with Gasteiger partial charge in [0.2, 0.25) is 5.91 Å². The summed E-state index contributed by atoms with van der Waals surface area (Å²) >= 11 is 1.53. The fraction of sp³-hybridized carbons (Fsp3) is 0.440. The molecule has 2 saturated heterocycles. The lowest BCUT2D eigenvalue weighted by atomic mass is 9.92. The van der Waals surface area contributed by atoms with Crippen LogP contribution in [0.5, 0.6) is 0 Å². The summed E-state index contributed by atoms with van der Waals surface area (Å²) in [6.45, 7) is 5.38. The second-order valence-electron chi connectivity index (χ2n) is 8.96. The number of likely N-dealkylation sites (tertiary alicyclic amines) is 2. The Morgan fingerprint density at radius 2 is 1.58 bits per heavy atom. The number of aromatic nitrogens is 1. The molecule has 3 aromatic rings. The van der Waals surface area contributed by atoms with Crippen LogP contribution in [0.2, 0.25) is 0 Å². The number of amides is 2. The molecule has 31 heavy (non-hydrogen) atoms. The van der Waals surface area contributed by atoms with E-state index in [-0.39, 0.29) is 11.8 Å². The van der Waals surface area contributed by atoms with Crippen molar-refractivity contribution in [3.63, 3.8) is 0 Å². The maximum atomic E-state index is 13.1. The quantitative estimate of drug-likeness (QED) is 0.593. The molecule has 2 aromatic heterocycles. The van der Waals surface area contributed by atoms with Crippen molar-refractivity contribution in [3.05, 3.63) is 53.5 Å². The van der Waals surface area contributed by atoms with Crippen molar-refractivity contribution in [1.29, 1.82) is 0 Å². The van der Waals surface area contributed by atoms with Crippen LogP contribution in [-0.4, -0.2) is 52.4 Å². The molecule has 0 spiro atoms.